The third-order valence-corrected chi connectivity index (χ3v) is 6.66. The predicted octanol–water partition coefficient (Wildman–Crippen LogP) is 4.69. The summed E-state index contributed by atoms with van der Waals surface area (Å²) in [7, 11) is 0. The van der Waals surface area contributed by atoms with Gasteiger partial charge < -0.3 is 14.8 Å². The Labute approximate surface area is 192 Å². The summed E-state index contributed by atoms with van der Waals surface area (Å²) < 4.78 is 11.6. The molecular weight excluding hydrogens is 424 g/mol. The summed E-state index contributed by atoms with van der Waals surface area (Å²) in [6, 6.07) is 9.08. The third kappa shape index (κ3) is 5.31. The van der Waals surface area contributed by atoms with Gasteiger partial charge in [0.25, 0.3) is 5.91 Å². The van der Waals surface area contributed by atoms with Crippen molar-refractivity contribution in [3.05, 3.63) is 58.4 Å². The minimum Gasteiger partial charge on any atom is -0.488 e. The summed E-state index contributed by atoms with van der Waals surface area (Å²) in [6.45, 7) is 9.31. The van der Waals surface area contributed by atoms with Crippen molar-refractivity contribution >= 4 is 17.2 Å². The van der Waals surface area contributed by atoms with Crippen LogP contribution in [0.1, 0.15) is 65.8 Å². The number of carbonyl (C=O) groups excluding carboxylic acids is 1. The Balaban J connectivity index is 1.61. The molecule has 1 saturated heterocycles. The van der Waals surface area contributed by atoms with Gasteiger partial charge in [0, 0.05) is 28.6 Å². The van der Waals surface area contributed by atoms with Gasteiger partial charge in [0.2, 0.25) is 0 Å². The lowest BCUT2D eigenvalue weighted by atomic mass is 10.1. The molecule has 2 aromatic heterocycles. The molecule has 32 heavy (non-hydrogen) atoms. The zero-order chi connectivity index (χ0) is 22.7. The highest BCUT2D eigenvalue weighted by Gasteiger charge is 2.20. The number of hydrogen-bond acceptors (Lipinski definition) is 7. The largest absolute Gasteiger partial charge is 0.488 e. The van der Waals surface area contributed by atoms with E-state index in [0.717, 1.165) is 22.7 Å². The molecule has 0 spiro atoms. The molecular formula is C24H28N4O3S. The molecule has 1 amide bonds. The average Bonchev–Trinajstić information content (AvgIpc) is 3.46. The molecule has 4 rings (SSSR count). The van der Waals surface area contributed by atoms with Crippen molar-refractivity contribution in [1.29, 1.82) is 0 Å². The molecule has 1 fully saturated rings. The van der Waals surface area contributed by atoms with Gasteiger partial charge in [0.1, 0.15) is 16.9 Å². The number of rotatable bonds is 7. The monoisotopic (exact) mass is 452 g/mol. The number of aromatic nitrogens is 3. The summed E-state index contributed by atoms with van der Waals surface area (Å²) >= 11 is 1.64. The zero-order valence-corrected chi connectivity index (χ0v) is 19.6. The Hall–Kier alpha value is -2.84. The first-order chi connectivity index (χ1) is 15.4. The van der Waals surface area contributed by atoms with Gasteiger partial charge in [0.15, 0.2) is 0 Å². The highest BCUT2D eigenvalue weighted by Crippen LogP contribution is 2.33. The normalized spacial score (nSPS) is 16.8. The second-order valence-corrected chi connectivity index (χ2v) is 9.43. The lowest BCUT2D eigenvalue weighted by Crippen LogP contribution is -2.27. The van der Waals surface area contributed by atoms with Gasteiger partial charge in [-0.05, 0) is 50.1 Å². The number of amides is 1. The quantitative estimate of drug-likeness (QED) is 0.560. The molecule has 1 aromatic carbocycles. The Morgan fingerprint density at radius 1 is 1.22 bits per heavy atom. The van der Waals surface area contributed by atoms with Crippen molar-refractivity contribution in [2.75, 3.05) is 13.2 Å². The van der Waals surface area contributed by atoms with Crippen LogP contribution in [0.4, 0.5) is 0 Å². The van der Waals surface area contributed by atoms with E-state index in [9.17, 15) is 4.79 Å². The second kappa shape index (κ2) is 9.75. The number of hydrogen-bond donors (Lipinski definition) is 1. The standard InChI is InChI=1S/C24H28N4O3S/c1-14(2)22-12-25-24(32-22)18-9-17(10-20(11-18)31-19-7-8-30-13-19)23(29)26-16(4)21-6-5-15(3)27-28-21/h5-6,9-12,14,16,19H,7-8,13H2,1-4H3,(H,26,29)/t16-,19+/m1/s1. The fraction of sp³-hybridized carbons (Fsp3) is 0.417. The molecule has 1 aliphatic heterocycles. The van der Waals surface area contributed by atoms with Crippen LogP contribution in [0.15, 0.2) is 36.5 Å². The molecule has 7 nitrogen and oxygen atoms in total. The van der Waals surface area contributed by atoms with Crippen LogP contribution >= 0.6 is 11.3 Å². The number of carbonyl (C=O) groups is 1. The minimum absolute atomic E-state index is 0.00885. The van der Waals surface area contributed by atoms with E-state index in [-0.39, 0.29) is 18.1 Å². The van der Waals surface area contributed by atoms with Crippen LogP contribution in [0.5, 0.6) is 5.75 Å². The van der Waals surface area contributed by atoms with Gasteiger partial charge >= 0.3 is 0 Å². The number of nitrogens with zero attached hydrogens (tertiary/aromatic N) is 3. The summed E-state index contributed by atoms with van der Waals surface area (Å²) in [4.78, 5) is 18.9. The van der Waals surface area contributed by atoms with Crippen molar-refractivity contribution in [1.82, 2.24) is 20.5 Å². The highest BCUT2D eigenvalue weighted by atomic mass is 32.1. The zero-order valence-electron chi connectivity index (χ0n) is 18.8. The van der Waals surface area contributed by atoms with Gasteiger partial charge in [0.05, 0.1) is 30.6 Å². The Morgan fingerprint density at radius 2 is 2.06 bits per heavy atom. The van der Waals surface area contributed by atoms with Crippen LogP contribution in [0.25, 0.3) is 10.6 Å². The fourth-order valence-corrected chi connectivity index (χ4v) is 4.31. The highest BCUT2D eigenvalue weighted by molar-refractivity contribution is 7.15. The molecule has 0 saturated carbocycles. The van der Waals surface area contributed by atoms with E-state index in [2.05, 4.69) is 34.3 Å². The molecule has 0 radical (unpaired) electrons. The lowest BCUT2D eigenvalue weighted by Gasteiger charge is -2.16. The average molecular weight is 453 g/mol. The molecule has 3 heterocycles. The van der Waals surface area contributed by atoms with Gasteiger partial charge in [-0.1, -0.05) is 13.8 Å². The van der Waals surface area contributed by atoms with Crippen LogP contribution in [0.3, 0.4) is 0 Å². The van der Waals surface area contributed by atoms with Crippen LogP contribution < -0.4 is 10.1 Å². The molecule has 2 atom stereocenters. The maximum Gasteiger partial charge on any atom is 0.251 e. The second-order valence-electron chi connectivity index (χ2n) is 8.37. The molecule has 0 bridgehead atoms. The maximum absolute atomic E-state index is 13.1. The third-order valence-electron chi connectivity index (χ3n) is 5.31. The van der Waals surface area contributed by atoms with Gasteiger partial charge in [-0.15, -0.1) is 11.3 Å². The molecule has 8 heteroatoms. The van der Waals surface area contributed by atoms with E-state index in [4.69, 9.17) is 9.47 Å². The number of ether oxygens (including phenoxy) is 2. The summed E-state index contributed by atoms with van der Waals surface area (Å²) in [6.07, 6.45) is 2.73. The molecule has 168 valence electrons. The number of benzene rings is 1. The SMILES string of the molecule is Cc1ccc([C@@H](C)NC(=O)c2cc(O[C@H]3CCOC3)cc(-c3ncc(C(C)C)s3)c2)nn1. The van der Waals surface area contributed by atoms with E-state index >= 15 is 0 Å². The molecule has 0 aliphatic carbocycles. The predicted molar refractivity (Wildman–Crippen MR) is 124 cm³/mol. The maximum atomic E-state index is 13.1. The van der Waals surface area contributed by atoms with Gasteiger partial charge in [-0.2, -0.15) is 10.2 Å². The van der Waals surface area contributed by atoms with Crippen molar-refractivity contribution in [2.24, 2.45) is 0 Å². The Bertz CT molecular complexity index is 1080. The van der Waals surface area contributed by atoms with E-state index in [1.165, 1.54) is 4.88 Å². The first-order valence-corrected chi connectivity index (χ1v) is 11.7. The topological polar surface area (TPSA) is 86.2 Å². The molecule has 1 N–H and O–H groups in total. The first-order valence-electron chi connectivity index (χ1n) is 10.9. The fourth-order valence-electron chi connectivity index (χ4n) is 3.40. The van der Waals surface area contributed by atoms with E-state index in [1.807, 2.05) is 44.3 Å². The van der Waals surface area contributed by atoms with Crippen LogP contribution in [-0.2, 0) is 4.74 Å². The van der Waals surface area contributed by atoms with Crippen LogP contribution in [0, 0.1) is 6.92 Å². The van der Waals surface area contributed by atoms with Crippen molar-refractivity contribution in [3.8, 4) is 16.3 Å². The number of aryl methyl sites for hydroxylation is 1. The minimum atomic E-state index is -0.278. The first kappa shape index (κ1) is 22.4. The summed E-state index contributed by atoms with van der Waals surface area (Å²) in [5.74, 6) is 0.845. The van der Waals surface area contributed by atoms with E-state index in [0.29, 0.717) is 36.1 Å². The van der Waals surface area contributed by atoms with Crippen molar-refractivity contribution < 1.29 is 14.3 Å². The van der Waals surface area contributed by atoms with Gasteiger partial charge in [-0.3, -0.25) is 4.79 Å². The lowest BCUT2D eigenvalue weighted by molar-refractivity contribution is 0.0938. The van der Waals surface area contributed by atoms with E-state index < -0.39 is 0 Å². The Morgan fingerprint density at radius 3 is 2.72 bits per heavy atom. The smallest absolute Gasteiger partial charge is 0.251 e. The Kier molecular flexibility index (Phi) is 6.81. The van der Waals surface area contributed by atoms with Crippen molar-refractivity contribution in [2.45, 2.75) is 52.2 Å². The van der Waals surface area contributed by atoms with Crippen molar-refractivity contribution in [3.63, 3.8) is 0 Å². The molecule has 1 aliphatic rings. The molecule has 3 aromatic rings. The van der Waals surface area contributed by atoms with E-state index in [1.54, 1.807) is 17.4 Å². The number of nitrogens with one attached hydrogen (secondary N) is 1. The van der Waals surface area contributed by atoms with Crippen LogP contribution in [0.2, 0.25) is 0 Å². The summed E-state index contributed by atoms with van der Waals surface area (Å²) in [5, 5.41) is 12.2. The summed E-state index contributed by atoms with van der Waals surface area (Å²) in [5.41, 5.74) is 2.93. The van der Waals surface area contributed by atoms with Gasteiger partial charge in [-0.25, -0.2) is 4.98 Å². The number of thiazole rings is 1. The van der Waals surface area contributed by atoms with Crippen LogP contribution in [-0.4, -0.2) is 40.4 Å². The molecule has 0 unspecified atom stereocenters.